The number of carbonyl (C=O) groups excluding carboxylic acids is 2. The Bertz CT molecular complexity index is 1020. The van der Waals surface area contributed by atoms with Crippen LogP contribution in [-0.2, 0) is 0 Å². The lowest BCUT2D eigenvalue weighted by atomic mass is 10.1. The third-order valence-electron chi connectivity index (χ3n) is 4.17. The van der Waals surface area contributed by atoms with Gasteiger partial charge in [-0.25, -0.2) is 4.98 Å². The molecule has 3 rings (SSSR count). The lowest BCUT2D eigenvalue weighted by molar-refractivity contribution is 0.0963. The summed E-state index contributed by atoms with van der Waals surface area (Å²) in [5.41, 5.74) is 1.98. The Labute approximate surface area is 168 Å². The van der Waals surface area contributed by atoms with Crippen molar-refractivity contribution in [2.45, 2.75) is 6.92 Å². The van der Waals surface area contributed by atoms with Crippen LogP contribution >= 0.6 is 0 Å². The maximum absolute atomic E-state index is 12.6. The molecule has 0 saturated heterocycles. The third-order valence-corrected chi connectivity index (χ3v) is 4.17. The van der Waals surface area contributed by atoms with Crippen molar-refractivity contribution in [3.05, 3.63) is 77.6 Å². The predicted molar refractivity (Wildman–Crippen MR) is 110 cm³/mol. The Morgan fingerprint density at radius 1 is 0.897 bits per heavy atom. The van der Waals surface area contributed by atoms with Crippen molar-refractivity contribution in [2.75, 3.05) is 19.5 Å². The highest BCUT2D eigenvalue weighted by molar-refractivity contribution is 6.08. The molecule has 0 aliphatic carbocycles. The van der Waals surface area contributed by atoms with Gasteiger partial charge in [-0.2, -0.15) is 0 Å². The van der Waals surface area contributed by atoms with Gasteiger partial charge in [0.05, 0.1) is 24.6 Å². The molecular weight excluding hydrogens is 370 g/mol. The highest BCUT2D eigenvalue weighted by Crippen LogP contribution is 2.24. The number of nitrogens with zero attached hydrogens (tertiary/aromatic N) is 1. The zero-order valence-corrected chi connectivity index (χ0v) is 16.4. The zero-order valence-electron chi connectivity index (χ0n) is 16.4. The molecule has 0 spiro atoms. The van der Waals surface area contributed by atoms with Crippen molar-refractivity contribution in [3.63, 3.8) is 0 Å². The summed E-state index contributed by atoms with van der Waals surface area (Å²) in [6.45, 7) is 2.00. The fraction of sp³-hybridized carbons (Fsp3) is 0.136. The first-order valence-electron chi connectivity index (χ1n) is 8.92. The van der Waals surface area contributed by atoms with E-state index in [2.05, 4.69) is 15.6 Å². The second kappa shape index (κ2) is 8.88. The van der Waals surface area contributed by atoms with E-state index in [1.165, 1.54) is 20.4 Å². The van der Waals surface area contributed by atoms with Gasteiger partial charge in [0.2, 0.25) is 0 Å². The number of pyridine rings is 1. The van der Waals surface area contributed by atoms with Crippen LogP contribution in [0.5, 0.6) is 17.2 Å². The average Bonchev–Trinajstić information content (AvgIpc) is 2.75. The van der Waals surface area contributed by atoms with Gasteiger partial charge in [0.15, 0.2) is 0 Å². The van der Waals surface area contributed by atoms with Gasteiger partial charge in [-0.15, -0.1) is 0 Å². The van der Waals surface area contributed by atoms with Crippen molar-refractivity contribution < 1.29 is 19.1 Å². The highest BCUT2D eigenvalue weighted by Gasteiger charge is 2.15. The molecule has 1 heterocycles. The molecule has 0 bridgehead atoms. The van der Waals surface area contributed by atoms with Crippen LogP contribution in [0, 0.1) is 6.92 Å². The van der Waals surface area contributed by atoms with Crippen molar-refractivity contribution in [1.29, 1.82) is 0 Å². The number of methoxy groups -OCH3 is 1. The van der Waals surface area contributed by atoms with Crippen LogP contribution in [0.4, 0.5) is 5.69 Å². The lowest BCUT2D eigenvalue weighted by Gasteiger charge is -2.12. The minimum atomic E-state index is -0.442. The first-order valence-corrected chi connectivity index (χ1v) is 8.92. The van der Waals surface area contributed by atoms with Gasteiger partial charge in [0, 0.05) is 7.05 Å². The fourth-order valence-corrected chi connectivity index (χ4v) is 2.59. The molecule has 0 atom stereocenters. The molecule has 2 amide bonds. The molecule has 0 aliphatic rings. The number of anilines is 1. The minimum absolute atomic E-state index is 0.194. The number of aromatic nitrogens is 1. The monoisotopic (exact) mass is 391 g/mol. The predicted octanol–water partition coefficient (Wildman–Crippen LogP) is 3.80. The molecular formula is C22H21N3O4. The number of carbonyl (C=O) groups is 2. The largest absolute Gasteiger partial charge is 0.497 e. The molecule has 2 N–H and O–H groups in total. The van der Waals surface area contributed by atoms with Crippen LogP contribution < -0.4 is 20.1 Å². The van der Waals surface area contributed by atoms with E-state index in [9.17, 15) is 9.59 Å². The summed E-state index contributed by atoms with van der Waals surface area (Å²) >= 11 is 0. The molecule has 3 aromatic rings. The molecule has 148 valence electrons. The van der Waals surface area contributed by atoms with Crippen LogP contribution in [0.1, 0.15) is 26.4 Å². The van der Waals surface area contributed by atoms with E-state index >= 15 is 0 Å². The summed E-state index contributed by atoms with van der Waals surface area (Å²) in [6.07, 6.45) is 1.47. The smallest absolute Gasteiger partial charge is 0.274 e. The Hall–Kier alpha value is -3.87. The minimum Gasteiger partial charge on any atom is -0.497 e. The van der Waals surface area contributed by atoms with Crippen molar-refractivity contribution >= 4 is 17.5 Å². The highest BCUT2D eigenvalue weighted by atomic mass is 16.5. The summed E-state index contributed by atoms with van der Waals surface area (Å²) in [5.74, 6) is 0.928. The van der Waals surface area contributed by atoms with Gasteiger partial charge in [0.25, 0.3) is 11.8 Å². The summed E-state index contributed by atoms with van der Waals surface area (Å²) in [5, 5.41) is 5.25. The molecule has 2 aromatic carbocycles. The number of hydrogen-bond acceptors (Lipinski definition) is 5. The van der Waals surface area contributed by atoms with E-state index < -0.39 is 5.91 Å². The number of amides is 2. The maximum Gasteiger partial charge on any atom is 0.274 e. The van der Waals surface area contributed by atoms with Gasteiger partial charge in [0.1, 0.15) is 22.9 Å². The molecule has 0 saturated carbocycles. The van der Waals surface area contributed by atoms with E-state index in [0.29, 0.717) is 28.5 Å². The van der Waals surface area contributed by atoms with Gasteiger partial charge >= 0.3 is 0 Å². The summed E-state index contributed by atoms with van der Waals surface area (Å²) < 4.78 is 10.9. The van der Waals surface area contributed by atoms with E-state index in [-0.39, 0.29) is 11.6 Å². The Morgan fingerprint density at radius 3 is 2.21 bits per heavy atom. The number of rotatable bonds is 6. The van der Waals surface area contributed by atoms with Crippen molar-refractivity contribution in [2.24, 2.45) is 0 Å². The van der Waals surface area contributed by atoms with Crippen LogP contribution in [0.2, 0.25) is 0 Å². The molecule has 0 aliphatic heterocycles. The van der Waals surface area contributed by atoms with Crippen molar-refractivity contribution in [3.8, 4) is 17.2 Å². The SMILES string of the molecule is CNC(=O)c1cc(OC)ccc1NC(=O)c1ccc(Oc2ccc(C)cc2)cn1. The molecule has 0 radical (unpaired) electrons. The molecule has 0 unspecified atom stereocenters. The Morgan fingerprint density at radius 2 is 1.59 bits per heavy atom. The van der Waals surface area contributed by atoms with Crippen LogP contribution in [-0.4, -0.2) is 31.0 Å². The third kappa shape index (κ3) is 4.90. The quantitative estimate of drug-likeness (QED) is 0.667. The lowest BCUT2D eigenvalue weighted by Crippen LogP contribution is -2.22. The summed E-state index contributed by atoms with van der Waals surface area (Å²) in [7, 11) is 3.02. The Balaban J connectivity index is 1.74. The molecule has 7 nitrogen and oxygen atoms in total. The Kier molecular flexibility index (Phi) is 6.09. The first kappa shape index (κ1) is 19.9. The van der Waals surface area contributed by atoms with Crippen molar-refractivity contribution in [1.82, 2.24) is 10.3 Å². The van der Waals surface area contributed by atoms with Crippen LogP contribution in [0.25, 0.3) is 0 Å². The maximum atomic E-state index is 12.6. The van der Waals surface area contributed by atoms with Gasteiger partial charge < -0.3 is 20.1 Å². The first-order chi connectivity index (χ1) is 14.0. The molecule has 1 aromatic heterocycles. The number of benzene rings is 2. The summed E-state index contributed by atoms with van der Waals surface area (Å²) in [4.78, 5) is 28.8. The number of hydrogen-bond donors (Lipinski definition) is 2. The normalized spacial score (nSPS) is 10.2. The standard InChI is InChI=1S/C22H21N3O4/c1-14-4-6-15(7-5-14)29-17-9-11-20(24-13-17)22(27)25-19-10-8-16(28-3)12-18(19)21(26)23-2/h4-13H,1-3H3,(H,23,26)(H,25,27). The molecule has 7 heteroatoms. The van der Waals surface area contributed by atoms with E-state index in [1.54, 1.807) is 30.3 Å². The van der Waals surface area contributed by atoms with Gasteiger partial charge in [-0.1, -0.05) is 17.7 Å². The fourth-order valence-electron chi connectivity index (χ4n) is 2.59. The second-order valence-corrected chi connectivity index (χ2v) is 6.24. The van der Waals surface area contributed by atoms with E-state index in [0.717, 1.165) is 5.56 Å². The van der Waals surface area contributed by atoms with Gasteiger partial charge in [-0.3, -0.25) is 9.59 Å². The van der Waals surface area contributed by atoms with E-state index in [1.807, 2.05) is 31.2 Å². The van der Waals surface area contributed by atoms with Gasteiger partial charge in [-0.05, 0) is 49.4 Å². The summed E-state index contributed by atoms with van der Waals surface area (Å²) in [6, 6.07) is 15.7. The van der Waals surface area contributed by atoms with Crippen LogP contribution in [0.15, 0.2) is 60.8 Å². The average molecular weight is 391 g/mol. The topological polar surface area (TPSA) is 89.6 Å². The second-order valence-electron chi connectivity index (χ2n) is 6.24. The number of aryl methyl sites for hydroxylation is 1. The number of ether oxygens (including phenoxy) is 2. The number of nitrogens with one attached hydrogen (secondary N) is 2. The van der Waals surface area contributed by atoms with E-state index in [4.69, 9.17) is 9.47 Å². The molecule has 0 fully saturated rings. The van der Waals surface area contributed by atoms with Crippen LogP contribution in [0.3, 0.4) is 0 Å². The zero-order chi connectivity index (χ0) is 20.8. The molecule has 29 heavy (non-hydrogen) atoms.